The van der Waals surface area contributed by atoms with Crippen LogP contribution in [-0.4, -0.2) is 35.9 Å². The van der Waals surface area contributed by atoms with Crippen LogP contribution < -0.4 is 5.32 Å². The van der Waals surface area contributed by atoms with Gasteiger partial charge in [-0.3, -0.25) is 9.69 Å². The highest BCUT2D eigenvalue weighted by Gasteiger charge is 2.36. The number of carbonyl (C=O) groups excluding carboxylic acids is 1. The average Bonchev–Trinajstić information content (AvgIpc) is 3.04. The number of nitrogens with zero attached hydrogens (tertiary/aromatic N) is 1. The number of hydrogen-bond acceptors (Lipinski definition) is 3. The fourth-order valence-electron chi connectivity index (χ4n) is 3.42. The van der Waals surface area contributed by atoms with Crippen LogP contribution in [0.25, 0.3) is 0 Å². The Morgan fingerprint density at radius 1 is 1.26 bits per heavy atom. The van der Waals surface area contributed by atoms with Crippen molar-refractivity contribution in [2.75, 3.05) is 18.4 Å². The summed E-state index contributed by atoms with van der Waals surface area (Å²) in [6, 6.07) is 9.26. The molecule has 0 aliphatic carbocycles. The number of fused-ring (bicyclic) bond motifs is 1. The van der Waals surface area contributed by atoms with Crippen molar-refractivity contribution in [1.82, 2.24) is 4.90 Å². The lowest BCUT2D eigenvalue weighted by Gasteiger charge is -2.22. The Kier molecular flexibility index (Phi) is 3.56. The average molecular weight is 258 g/mol. The first-order chi connectivity index (χ1) is 9.28. The van der Waals surface area contributed by atoms with Gasteiger partial charge in [-0.05, 0) is 50.1 Å². The maximum Gasteiger partial charge on any atom is 0.162 e. The Balaban J connectivity index is 1.65. The third-order valence-electron chi connectivity index (χ3n) is 4.49. The lowest BCUT2D eigenvalue weighted by molar-refractivity contribution is 0.0988. The Morgan fingerprint density at radius 3 is 2.79 bits per heavy atom. The summed E-state index contributed by atoms with van der Waals surface area (Å²) in [6.45, 7) is 4.41. The third-order valence-corrected chi connectivity index (χ3v) is 4.49. The molecule has 19 heavy (non-hydrogen) atoms. The van der Waals surface area contributed by atoms with Crippen LogP contribution in [0.15, 0.2) is 24.3 Å². The first-order valence-corrected chi connectivity index (χ1v) is 7.42. The molecule has 1 N–H and O–H groups in total. The van der Waals surface area contributed by atoms with Crippen molar-refractivity contribution >= 4 is 11.5 Å². The van der Waals surface area contributed by atoms with E-state index in [1.54, 1.807) is 0 Å². The van der Waals surface area contributed by atoms with Crippen molar-refractivity contribution in [3.63, 3.8) is 0 Å². The van der Waals surface area contributed by atoms with Gasteiger partial charge in [0.1, 0.15) is 0 Å². The zero-order chi connectivity index (χ0) is 13.2. The van der Waals surface area contributed by atoms with Gasteiger partial charge in [0.25, 0.3) is 0 Å². The first-order valence-electron chi connectivity index (χ1n) is 7.42. The molecule has 102 valence electrons. The summed E-state index contributed by atoms with van der Waals surface area (Å²) in [7, 11) is 0. The van der Waals surface area contributed by atoms with Gasteiger partial charge in [-0.1, -0.05) is 6.92 Å². The van der Waals surface area contributed by atoms with Gasteiger partial charge in [-0.2, -0.15) is 0 Å². The van der Waals surface area contributed by atoms with E-state index in [2.05, 4.69) is 10.2 Å². The summed E-state index contributed by atoms with van der Waals surface area (Å²) in [6.07, 6.45) is 4.48. The van der Waals surface area contributed by atoms with E-state index < -0.39 is 0 Å². The Morgan fingerprint density at radius 2 is 2.05 bits per heavy atom. The van der Waals surface area contributed by atoms with Crippen molar-refractivity contribution in [3.05, 3.63) is 29.8 Å². The Bertz CT molecular complexity index is 454. The van der Waals surface area contributed by atoms with E-state index in [1.807, 2.05) is 31.2 Å². The smallest absolute Gasteiger partial charge is 0.162 e. The molecule has 2 saturated heterocycles. The molecule has 2 aliphatic heterocycles. The van der Waals surface area contributed by atoms with Gasteiger partial charge in [-0.15, -0.1) is 0 Å². The molecular weight excluding hydrogens is 236 g/mol. The number of benzene rings is 1. The number of carbonyl (C=O) groups is 1. The normalized spacial score (nSPS) is 26.4. The van der Waals surface area contributed by atoms with Crippen molar-refractivity contribution in [2.45, 2.75) is 44.7 Å². The van der Waals surface area contributed by atoms with Gasteiger partial charge >= 0.3 is 0 Å². The van der Waals surface area contributed by atoms with E-state index in [0.29, 0.717) is 12.5 Å². The van der Waals surface area contributed by atoms with Crippen LogP contribution in [0.3, 0.4) is 0 Å². The SMILES string of the molecule is CCC(=O)c1ccc(NC2CCN3CCCC23)cc1. The van der Waals surface area contributed by atoms with E-state index >= 15 is 0 Å². The molecule has 2 heterocycles. The number of anilines is 1. The molecule has 2 unspecified atom stereocenters. The largest absolute Gasteiger partial charge is 0.381 e. The lowest BCUT2D eigenvalue weighted by Crippen LogP contribution is -2.33. The van der Waals surface area contributed by atoms with Crippen LogP contribution in [0.5, 0.6) is 0 Å². The molecule has 2 aliphatic rings. The zero-order valence-electron chi connectivity index (χ0n) is 11.6. The second-order valence-electron chi connectivity index (χ2n) is 5.64. The molecule has 2 fully saturated rings. The van der Waals surface area contributed by atoms with Gasteiger partial charge in [0.15, 0.2) is 5.78 Å². The molecule has 0 amide bonds. The molecule has 3 rings (SSSR count). The summed E-state index contributed by atoms with van der Waals surface area (Å²) in [5, 5.41) is 3.64. The summed E-state index contributed by atoms with van der Waals surface area (Å²) < 4.78 is 0. The van der Waals surface area contributed by atoms with Crippen molar-refractivity contribution < 1.29 is 4.79 Å². The molecule has 0 bridgehead atoms. The van der Waals surface area contributed by atoms with Gasteiger partial charge in [0, 0.05) is 36.3 Å². The molecule has 2 atom stereocenters. The maximum atomic E-state index is 11.6. The van der Waals surface area contributed by atoms with Crippen LogP contribution in [-0.2, 0) is 0 Å². The highest BCUT2D eigenvalue weighted by Crippen LogP contribution is 2.30. The van der Waals surface area contributed by atoms with Crippen LogP contribution >= 0.6 is 0 Å². The molecule has 0 radical (unpaired) electrons. The lowest BCUT2D eigenvalue weighted by atomic mass is 10.1. The summed E-state index contributed by atoms with van der Waals surface area (Å²) in [5.74, 6) is 0.217. The van der Waals surface area contributed by atoms with Crippen LogP contribution in [0, 0.1) is 0 Å². The molecule has 3 nitrogen and oxygen atoms in total. The highest BCUT2D eigenvalue weighted by molar-refractivity contribution is 5.96. The van der Waals surface area contributed by atoms with Gasteiger partial charge in [0.2, 0.25) is 0 Å². The van der Waals surface area contributed by atoms with E-state index in [-0.39, 0.29) is 5.78 Å². The molecule has 3 heteroatoms. The van der Waals surface area contributed by atoms with Gasteiger partial charge in [-0.25, -0.2) is 0 Å². The minimum absolute atomic E-state index is 0.217. The number of ketones is 1. The number of rotatable bonds is 4. The molecule has 1 aromatic carbocycles. The van der Waals surface area contributed by atoms with Crippen molar-refractivity contribution in [3.8, 4) is 0 Å². The van der Waals surface area contributed by atoms with E-state index in [0.717, 1.165) is 17.3 Å². The highest BCUT2D eigenvalue weighted by atomic mass is 16.1. The monoisotopic (exact) mass is 258 g/mol. The van der Waals surface area contributed by atoms with E-state index in [1.165, 1.54) is 32.4 Å². The second-order valence-corrected chi connectivity index (χ2v) is 5.64. The standard InChI is InChI=1S/C16H22N2O/c1-2-16(19)12-5-7-13(8-6-12)17-14-9-11-18-10-3-4-15(14)18/h5-8,14-15,17H,2-4,9-11H2,1H3. The molecular formula is C16H22N2O. The third kappa shape index (κ3) is 2.52. The number of hydrogen-bond donors (Lipinski definition) is 1. The minimum atomic E-state index is 0.217. The van der Waals surface area contributed by atoms with Gasteiger partial charge < -0.3 is 5.32 Å². The quantitative estimate of drug-likeness (QED) is 0.843. The van der Waals surface area contributed by atoms with Crippen molar-refractivity contribution in [2.24, 2.45) is 0 Å². The summed E-state index contributed by atoms with van der Waals surface area (Å²) >= 11 is 0. The molecule has 0 saturated carbocycles. The zero-order valence-corrected chi connectivity index (χ0v) is 11.6. The topological polar surface area (TPSA) is 32.3 Å². The predicted molar refractivity (Wildman–Crippen MR) is 77.7 cm³/mol. The maximum absolute atomic E-state index is 11.6. The predicted octanol–water partition coefficient (Wildman–Crippen LogP) is 2.93. The van der Waals surface area contributed by atoms with Crippen molar-refractivity contribution in [1.29, 1.82) is 0 Å². The molecule has 0 aromatic heterocycles. The Labute approximate surface area is 115 Å². The van der Waals surface area contributed by atoms with Crippen LogP contribution in [0.2, 0.25) is 0 Å². The fourth-order valence-corrected chi connectivity index (χ4v) is 3.42. The first kappa shape index (κ1) is 12.7. The summed E-state index contributed by atoms with van der Waals surface area (Å²) in [5.41, 5.74) is 1.97. The minimum Gasteiger partial charge on any atom is -0.381 e. The second kappa shape index (κ2) is 5.33. The number of nitrogens with one attached hydrogen (secondary N) is 1. The van der Waals surface area contributed by atoms with Gasteiger partial charge in [0.05, 0.1) is 0 Å². The molecule has 1 aromatic rings. The van der Waals surface area contributed by atoms with E-state index in [9.17, 15) is 4.79 Å². The van der Waals surface area contributed by atoms with Crippen LogP contribution in [0.4, 0.5) is 5.69 Å². The molecule has 0 spiro atoms. The Hall–Kier alpha value is -1.35. The van der Waals surface area contributed by atoms with Crippen LogP contribution in [0.1, 0.15) is 43.0 Å². The number of Topliss-reactive ketones (excluding diaryl/α,β-unsaturated/α-hetero) is 1. The van der Waals surface area contributed by atoms with E-state index in [4.69, 9.17) is 0 Å². The fraction of sp³-hybridized carbons (Fsp3) is 0.562. The summed E-state index contributed by atoms with van der Waals surface area (Å²) in [4.78, 5) is 14.2.